The number of methoxy groups -OCH3 is 1. The Balaban J connectivity index is 2.21. The summed E-state index contributed by atoms with van der Waals surface area (Å²) in [6, 6.07) is 0. The molecule has 0 saturated carbocycles. The van der Waals surface area contributed by atoms with Gasteiger partial charge in [0.05, 0.1) is 18.5 Å². The summed E-state index contributed by atoms with van der Waals surface area (Å²) in [6.45, 7) is 0. The third-order valence-corrected chi connectivity index (χ3v) is 3.99. The summed E-state index contributed by atoms with van der Waals surface area (Å²) in [4.78, 5) is 19.9. The fourth-order valence-electron chi connectivity index (χ4n) is 1.11. The topological polar surface area (TPSA) is 52.1 Å². The number of aromatic nitrogens is 2. The van der Waals surface area contributed by atoms with Crippen molar-refractivity contribution >= 4 is 40.2 Å². The third kappa shape index (κ3) is 2.40. The molecule has 2 aromatic rings. The van der Waals surface area contributed by atoms with Crippen LogP contribution in [0.1, 0.15) is 19.7 Å². The molecule has 84 valence electrons. The van der Waals surface area contributed by atoms with Crippen molar-refractivity contribution in [3.8, 4) is 0 Å². The molecule has 2 aromatic heterocycles. The largest absolute Gasteiger partial charge is 0.465 e. The van der Waals surface area contributed by atoms with Crippen LogP contribution in [0, 0.1) is 0 Å². The lowest BCUT2D eigenvalue weighted by molar-refractivity contribution is 0.0606. The first kappa shape index (κ1) is 11.5. The molecule has 0 atom stereocenters. The second kappa shape index (κ2) is 4.90. The minimum Gasteiger partial charge on any atom is -0.465 e. The van der Waals surface area contributed by atoms with Gasteiger partial charge in [-0.2, -0.15) is 0 Å². The molecule has 0 radical (unpaired) electrons. The Morgan fingerprint density at radius 1 is 1.56 bits per heavy atom. The maximum Gasteiger partial charge on any atom is 0.351 e. The fourth-order valence-corrected chi connectivity index (χ4v) is 3.04. The van der Waals surface area contributed by atoms with Crippen LogP contribution in [0.5, 0.6) is 0 Å². The monoisotopic (exact) mass is 274 g/mol. The maximum atomic E-state index is 11.3. The predicted octanol–water partition coefficient (Wildman–Crippen LogP) is 2.63. The van der Waals surface area contributed by atoms with Gasteiger partial charge in [0.15, 0.2) is 10.0 Å². The second-order valence-corrected chi connectivity index (χ2v) is 5.24. The van der Waals surface area contributed by atoms with Crippen LogP contribution in [-0.2, 0) is 11.2 Å². The van der Waals surface area contributed by atoms with Gasteiger partial charge >= 0.3 is 5.97 Å². The van der Waals surface area contributed by atoms with Gasteiger partial charge in [0, 0.05) is 11.6 Å². The van der Waals surface area contributed by atoms with E-state index in [1.807, 2.05) is 5.38 Å². The van der Waals surface area contributed by atoms with Crippen molar-refractivity contribution in [3.63, 3.8) is 0 Å². The third-order valence-electron chi connectivity index (χ3n) is 1.79. The van der Waals surface area contributed by atoms with E-state index < -0.39 is 5.97 Å². The molecule has 0 aliphatic carbocycles. The van der Waals surface area contributed by atoms with E-state index in [-0.39, 0.29) is 5.15 Å². The van der Waals surface area contributed by atoms with Crippen molar-refractivity contribution in [2.45, 2.75) is 6.42 Å². The number of hydrogen-bond acceptors (Lipinski definition) is 6. The molecule has 0 bridgehead atoms. The van der Waals surface area contributed by atoms with Crippen LogP contribution in [0.15, 0.2) is 11.6 Å². The molecular weight excluding hydrogens is 268 g/mol. The van der Waals surface area contributed by atoms with Gasteiger partial charge in [-0.25, -0.2) is 14.8 Å². The summed E-state index contributed by atoms with van der Waals surface area (Å²) < 4.78 is 4.60. The van der Waals surface area contributed by atoms with Crippen LogP contribution < -0.4 is 0 Å². The molecular formula is C9H7ClN2O2S2. The Bertz CT molecular complexity index is 496. The summed E-state index contributed by atoms with van der Waals surface area (Å²) in [6.07, 6.45) is 2.33. The van der Waals surface area contributed by atoms with E-state index in [1.165, 1.54) is 18.4 Å². The average molecular weight is 275 g/mol. The highest BCUT2D eigenvalue weighted by molar-refractivity contribution is 7.14. The van der Waals surface area contributed by atoms with Crippen molar-refractivity contribution in [1.29, 1.82) is 0 Å². The van der Waals surface area contributed by atoms with E-state index >= 15 is 0 Å². The van der Waals surface area contributed by atoms with Crippen LogP contribution in [0.3, 0.4) is 0 Å². The number of rotatable bonds is 3. The Hall–Kier alpha value is -0.980. The number of ether oxygens (including phenoxy) is 1. The molecule has 2 rings (SSSR count). The molecule has 0 fully saturated rings. The van der Waals surface area contributed by atoms with Crippen LogP contribution >= 0.6 is 34.3 Å². The van der Waals surface area contributed by atoms with Crippen molar-refractivity contribution in [2.75, 3.05) is 7.11 Å². The van der Waals surface area contributed by atoms with Crippen LogP contribution in [-0.4, -0.2) is 23.0 Å². The molecule has 0 aromatic carbocycles. The highest BCUT2D eigenvalue weighted by Crippen LogP contribution is 2.25. The van der Waals surface area contributed by atoms with Gasteiger partial charge in [0.1, 0.15) is 5.01 Å². The molecule has 4 nitrogen and oxygen atoms in total. The quantitative estimate of drug-likeness (QED) is 0.808. The summed E-state index contributed by atoms with van der Waals surface area (Å²) in [7, 11) is 1.32. The highest BCUT2D eigenvalue weighted by Gasteiger charge is 2.17. The number of esters is 1. The molecule has 0 saturated heterocycles. The van der Waals surface area contributed by atoms with Crippen molar-refractivity contribution in [2.24, 2.45) is 0 Å². The molecule has 0 amide bonds. The van der Waals surface area contributed by atoms with Gasteiger partial charge < -0.3 is 4.74 Å². The first-order chi connectivity index (χ1) is 7.70. The van der Waals surface area contributed by atoms with Crippen LogP contribution in [0.25, 0.3) is 0 Å². The Labute approximate surface area is 105 Å². The van der Waals surface area contributed by atoms with Crippen LogP contribution in [0.2, 0.25) is 5.15 Å². The summed E-state index contributed by atoms with van der Waals surface area (Å²) in [5, 5.41) is 3.80. The SMILES string of the molecule is COC(=O)c1sc(Cc2nccs2)nc1Cl. The molecule has 0 N–H and O–H groups in total. The maximum absolute atomic E-state index is 11.3. The number of carbonyl (C=O) groups excluding carboxylic acids is 1. The second-order valence-electron chi connectivity index (χ2n) is 2.82. The molecule has 0 aliphatic rings. The molecule has 0 aliphatic heterocycles. The first-order valence-electron chi connectivity index (χ1n) is 4.32. The lowest BCUT2D eigenvalue weighted by Crippen LogP contribution is -1.98. The van der Waals surface area contributed by atoms with E-state index in [4.69, 9.17) is 11.6 Å². The average Bonchev–Trinajstić information content (AvgIpc) is 2.88. The van der Waals surface area contributed by atoms with E-state index in [1.54, 1.807) is 17.5 Å². The summed E-state index contributed by atoms with van der Waals surface area (Å²) >= 11 is 8.62. The Morgan fingerprint density at radius 3 is 3.00 bits per heavy atom. The van der Waals surface area contributed by atoms with E-state index in [0.29, 0.717) is 11.3 Å². The van der Waals surface area contributed by atoms with Gasteiger partial charge in [0.2, 0.25) is 0 Å². The van der Waals surface area contributed by atoms with E-state index in [9.17, 15) is 4.79 Å². The van der Waals surface area contributed by atoms with Gasteiger partial charge in [-0.05, 0) is 0 Å². The predicted molar refractivity (Wildman–Crippen MR) is 63.4 cm³/mol. The molecule has 2 heterocycles. The number of thiazole rings is 2. The Kier molecular flexibility index (Phi) is 3.52. The van der Waals surface area contributed by atoms with Crippen LogP contribution in [0.4, 0.5) is 0 Å². The van der Waals surface area contributed by atoms with Crippen molar-refractivity contribution in [3.05, 3.63) is 31.6 Å². The summed E-state index contributed by atoms with van der Waals surface area (Å²) in [5.74, 6) is -0.451. The molecule has 16 heavy (non-hydrogen) atoms. The number of nitrogens with zero attached hydrogens (tertiary/aromatic N) is 2. The molecule has 0 spiro atoms. The zero-order valence-electron chi connectivity index (χ0n) is 8.27. The first-order valence-corrected chi connectivity index (χ1v) is 6.40. The van der Waals surface area contributed by atoms with Crippen molar-refractivity contribution < 1.29 is 9.53 Å². The van der Waals surface area contributed by atoms with Gasteiger partial charge in [0.25, 0.3) is 0 Å². The molecule has 0 unspecified atom stereocenters. The lowest BCUT2D eigenvalue weighted by atomic mass is 10.5. The van der Waals surface area contributed by atoms with E-state index in [2.05, 4.69) is 14.7 Å². The Morgan fingerprint density at radius 2 is 2.38 bits per heavy atom. The normalized spacial score (nSPS) is 10.4. The zero-order valence-corrected chi connectivity index (χ0v) is 10.7. The van der Waals surface area contributed by atoms with Gasteiger partial charge in [-0.15, -0.1) is 22.7 Å². The van der Waals surface area contributed by atoms with E-state index in [0.717, 1.165) is 10.0 Å². The smallest absolute Gasteiger partial charge is 0.351 e. The fraction of sp³-hybridized carbons (Fsp3) is 0.222. The summed E-state index contributed by atoms with van der Waals surface area (Å²) in [5.41, 5.74) is 0. The highest BCUT2D eigenvalue weighted by atomic mass is 35.5. The lowest BCUT2D eigenvalue weighted by Gasteiger charge is -1.92. The van der Waals surface area contributed by atoms with Gasteiger partial charge in [-0.1, -0.05) is 11.6 Å². The molecule has 7 heteroatoms. The van der Waals surface area contributed by atoms with Crippen molar-refractivity contribution in [1.82, 2.24) is 9.97 Å². The number of halogens is 1. The minimum atomic E-state index is -0.451. The number of carbonyl (C=O) groups is 1. The number of hydrogen-bond donors (Lipinski definition) is 0. The minimum absolute atomic E-state index is 0.198. The standard InChI is InChI=1S/C9H7ClN2O2S2/c1-14-9(13)7-8(10)12-6(16-7)4-5-11-2-3-15-5/h2-3H,4H2,1H3. The zero-order chi connectivity index (χ0) is 11.5. The van der Waals surface area contributed by atoms with Gasteiger partial charge in [-0.3, -0.25) is 0 Å².